The van der Waals surface area contributed by atoms with E-state index in [4.69, 9.17) is 27.9 Å². The average molecular weight is 548 g/mol. The van der Waals surface area contributed by atoms with Gasteiger partial charge in [0.1, 0.15) is 6.54 Å². The van der Waals surface area contributed by atoms with Crippen LogP contribution in [-0.4, -0.2) is 52.1 Å². The third-order valence-corrected chi connectivity index (χ3v) is 8.05. The van der Waals surface area contributed by atoms with Gasteiger partial charge in [-0.1, -0.05) is 53.5 Å². The number of morpholine rings is 1. The predicted octanol–water partition coefficient (Wildman–Crippen LogP) is 4.34. The molecule has 0 spiro atoms. The van der Waals surface area contributed by atoms with Crippen molar-refractivity contribution in [3.05, 3.63) is 94.0 Å². The zero-order valence-corrected chi connectivity index (χ0v) is 21.9. The van der Waals surface area contributed by atoms with E-state index in [9.17, 15) is 13.2 Å². The van der Waals surface area contributed by atoms with Crippen LogP contribution in [0.1, 0.15) is 11.1 Å². The van der Waals surface area contributed by atoms with Crippen LogP contribution in [0.4, 0.5) is 5.69 Å². The van der Waals surface area contributed by atoms with Crippen LogP contribution in [-0.2, 0) is 32.6 Å². The van der Waals surface area contributed by atoms with E-state index in [-0.39, 0.29) is 11.4 Å². The Bertz CT molecular complexity index is 1300. The molecule has 7 nitrogen and oxygen atoms in total. The van der Waals surface area contributed by atoms with Gasteiger partial charge >= 0.3 is 0 Å². The summed E-state index contributed by atoms with van der Waals surface area (Å²) >= 11 is 12.0. The lowest BCUT2D eigenvalue weighted by molar-refractivity contribution is -0.119. The molecule has 0 bridgehead atoms. The molecule has 1 amide bonds. The zero-order chi connectivity index (χ0) is 25.5. The van der Waals surface area contributed by atoms with Crippen molar-refractivity contribution in [1.29, 1.82) is 0 Å². The first-order valence-electron chi connectivity index (χ1n) is 11.5. The molecule has 1 heterocycles. The molecular formula is C26H27Cl2N3O4S. The van der Waals surface area contributed by atoms with E-state index < -0.39 is 22.5 Å². The fourth-order valence-corrected chi connectivity index (χ4v) is 5.65. The summed E-state index contributed by atoms with van der Waals surface area (Å²) in [5.41, 5.74) is 2.37. The van der Waals surface area contributed by atoms with Crippen LogP contribution in [0.25, 0.3) is 0 Å². The summed E-state index contributed by atoms with van der Waals surface area (Å²) < 4.78 is 33.3. The Kier molecular flexibility index (Phi) is 8.87. The van der Waals surface area contributed by atoms with Crippen molar-refractivity contribution < 1.29 is 17.9 Å². The number of rotatable bonds is 9. The number of sulfonamides is 1. The van der Waals surface area contributed by atoms with Gasteiger partial charge in [-0.05, 0) is 53.6 Å². The monoisotopic (exact) mass is 547 g/mol. The second kappa shape index (κ2) is 12.1. The van der Waals surface area contributed by atoms with Gasteiger partial charge in [-0.3, -0.25) is 14.0 Å². The summed E-state index contributed by atoms with van der Waals surface area (Å²) in [7, 11) is -4.05. The van der Waals surface area contributed by atoms with Crippen LogP contribution in [0.15, 0.2) is 77.7 Å². The molecule has 1 aliphatic rings. The Morgan fingerprint density at radius 3 is 2.33 bits per heavy atom. The Labute approximate surface area is 221 Å². The van der Waals surface area contributed by atoms with Gasteiger partial charge in [0.2, 0.25) is 5.91 Å². The van der Waals surface area contributed by atoms with Crippen LogP contribution < -0.4 is 9.62 Å². The largest absolute Gasteiger partial charge is 0.379 e. The molecule has 0 aromatic heterocycles. The van der Waals surface area contributed by atoms with E-state index >= 15 is 0 Å². The summed E-state index contributed by atoms with van der Waals surface area (Å²) in [6.45, 7) is 3.94. The summed E-state index contributed by atoms with van der Waals surface area (Å²) in [4.78, 5) is 15.3. The van der Waals surface area contributed by atoms with Crippen molar-refractivity contribution >= 4 is 44.8 Å². The maximum atomic E-state index is 13.4. The molecular weight excluding hydrogens is 521 g/mol. The highest BCUT2D eigenvalue weighted by molar-refractivity contribution is 7.92. The lowest BCUT2D eigenvalue weighted by atomic mass is 10.1. The number of anilines is 1. The summed E-state index contributed by atoms with van der Waals surface area (Å²) in [5, 5.41) is 3.62. The van der Waals surface area contributed by atoms with Crippen molar-refractivity contribution in [3.8, 4) is 0 Å². The van der Waals surface area contributed by atoms with Crippen LogP contribution >= 0.6 is 23.2 Å². The number of nitrogens with one attached hydrogen (secondary N) is 1. The molecule has 10 heteroatoms. The molecule has 36 heavy (non-hydrogen) atoms. The summed E-state index contributed by atoms with van der Waals surface area (Å²) in [6, 6.07) is 20.2. The molecule has 3 aromatic carbocycles. The van der Waals surface area contributed by atoms with Gasteiger partial charge in [-0.25, -0.2) is 8.42 Å². The highest BCUT2D eigenvalue weighted by Crippen LogP contribution is 2.26. The Balaban J connectivity index is 1.47. The number of ether oxygens (including phenoxy) is 1. The number of carbonyl (C=O) groups excluding carboxylic acids is 1. The van der Waals surface area contributed by atoms with Gasteiger partial charge in [0.15, 0.2) is 0 Å². The number of amides is 1. The first-order chi connectivity index (χ1) is 17.3. The van der Waals surface area contributed by atoms with E-state index in [0.29, 0.717) is 15.7 Å². The number of benzene rings is 3. The van der Waals surface area contributed by atoms with Crippen molar-refractivity contribution in [2.75, 3.05) is 37.2 Å². The van der Waals surface area contributed by atoms with Crippen molar-refractivity contribution in [3.63, 3.8) is 0 Å². The minimum Gasteiger partial charge on any atom is -0.379 e. The predicted molar refractivity (Wildman–Crippen MR) is 142 cm³/mol. The summed E-state index contributed by atoms with van der Waals surface area (Å²) in [6.07, 6.45) is 0. The van der Waals surface area contributed by atoms with Gasteiger partial charge in [-0.15, -0.1) is 0 Å². The average Bonchev–Trinajstić information content (AvgIpc) is 2.87. The quantitative estimate of drug-likeness (QED) is 0.431. The maximum Gasteiger partial charge on any atom is 0.264 e. The Morgan fingerprint density at radius 2 is 1.61 bits per heavy atom. The van der Waals surface area contributed by atoms with Crippen LogP contribution in [0.2, 0.25) is 10.0 Å². The highest BCUT2D eigenvalue weighted by Gasteiger charge is 2.27. The third kappa shape index (κ3) is 6.99. The topological polar surface area (TPSA) is 79.0 Å². The van der Waals surface area contributed by atoms with Crippen molar-refractivity contribution in [2.24, 2.45) is 0 Å². The fraction of sp³-hybridized carbons (Fsp3) is 0.269. The lowest BCUT2D eigenvalue weighted by Crippen LogP contribution is -2.40. The normalized spacial score (nSPS) is 14.4. The molecule has 0 saturated carbocycles. The van der Waals surface area contributed by atoms with Crippen molar-refractivity contribution in [2.45, 2.75) is 18.0 Å². The highest BCUT2D eigenvalue weighted by atomic mass is 35.5. The molecule has 1 aliphatic heterocycles. The molecule has 1 fully saturated rings. The molecule has 0 radical (unpaired) electrons. The molecule has 3 aromatic rings. The lowest BCUT2D eigenvalue weighted by Gasteiger charge is -2.26. The van der Waals surface area contributed by atoms with Crippen molar-refractivity contribution in [1.82, 2.24) is 10.2 Å². The van der Waals surface area contributed by atoms with Crippen LogP contribution in [0.5, 0.6) is 0 Å². The molecule has 0 unspecified atom stereocenters. The number of carbonyl (C=O) groups is 1. The molecule has 1 saturated heterocycles. The number of hydrogen-bond donors (Lipinski definition) is 1. The molecule has 4 rings (SSSR count). The number of hydrogen-bond acceptors (Lipinski definition) is 5. The second-order valence-corrected chi connectivity index (χ2v) is 11.2. The first-order valence-corrected chi connectivity index (χ1v) is 13.7. The molecule has 0 aliphatic carbocycles. The van der Waals surface area contributed by atoms with Crippen LogP contribution in [0.3, 0.4) is 0 Å². The minimum absolute atomic E-state index is 0.0236. The van der Waals surface area contributed by atoms with E-state index in [1.54, 1.807) is 18.2 Å². The van der Waals surface area contributed by atoms with Gasteiger partial charge < -0.3 is 10.1 Å². The van der Waals surface area contributed by atoms with E-state index in [0.717, 1.165) is 48.3 Å². The minimum atomic E-state index is -4.05. The van der Waals surface area contributed by atoms with E-state index in [1.165, 1.54) is 30.3 Å². The second-order valence-electron chi connectivity index (χ2n) is 8.43. The van der Waals surface area contributed by atoms with E-state index in [1.807, 2.05) is 12.1 Å². The smallest absolute Gasteiger partial charge is 0.264 e. The van der Waals surface area contributed by atoms with Crippen LogP contribution in [0, 0.1) is 0 Å². The maximum absolute atomic E-state index is 13.4. The number of halogens is 2. The molecule has 190 valence electrons. The Hall–Kier alpha value is -2.62. The first kappa shape index (κ1) is 26.4. The molecule has 1 N–H and O–H groups in total. The van der Waals surface area contributed by atoms with Gasteiger partial charge in [0.25, 0.3) is 10.0 Å². The summed E-state index contributed by atoms with van der Waals surface area (Å²) in [5.74, 6) is -0.439. The fourth-order valence-electron chi connectivity index (χ4n) is 3.92. The van der Waals surface area contributed by atoms with Gasteiger partial charge in [-0.2, -0.15) is 0 Å². The van der Waals surface area contributed by atoms with Gasteiger partial charge in [0.05, 0.1) is 23.8 Å². The molecule has 0 atom stereocenters. The Morgan fingerprint density at radius 1 is 0.917 bits per heavy atom. The third-order valence-electron chi connectivity index (χ3n) is 5.78. The number of nitrogens with zero attached hydrogens (tertiary/aromatic N) is 2. The standard InChI is InChI=1S/C26H27Cl2N3O4S/c27-22-7-9-25(10-8-22)36(33,34)31(24-6-2-5-23(28)16-24)19-26(32)29-17-20-3-1-4-21(15-20)18-30-11-13-35-14-12-30/h1-10,15-16H,11-14,17-19H2,(H,29,32). The van der Waals surface area contributed by atoms with E-state index in [2.05, 4.69) is 22.3 Å². The van der Waals surface area contributed by atoms with Gasteiger partial charge in [0, 0.05) is 36.2 Å². The zero-order valence-electron chi connectivity index (χ0n) is 19.6. The SMILES string of the molecule is O=C(CN(c1cccc(Cl)c1)S(=O)(=O)c1ccc(Cl)cc1)NCc1cccc(CN2CCOCC2)c1.